The predicted octanol–water partition coefficient (Wildman–Crippen LogP) is 4.80. The van der Waals surface area contributed by atoms with Crippen molar-refractivity contribution in [2.75, 3.05) is 31.1 Å². The smallest absolute Gasteiger partial charge is 0.324 e. The van der Waals surface area contributed by atoms with E-state index in [-0.39, 0.29) is 11.9 Å². The molecule has 3 amide bonds. The molecule has 5 nitrogen and oxygen atoms in total. The van der Waals surface area contributed by atoms with Crippen LogP contribution in [0.25, 0.3) is 0 Å². The first-order valence-electron chi connectivity index (χ1n) is 10.3. The molecule has 2 aliphatic heterocycles. The van der Waals surface area contributed by atoms with Crippen LogP contribution in [-0.4, -0.2) is 47.9 Å². The van der Waals surface area contributed by atoms with Gasteiger partial charge in [-0.15, -0.1) is 0 Å². The van der Waals surface area contributed by atoms with Crippen LogP contribution in [0.1, 0.15) is 41.6 Å². The summed E-state index contributed by atoms with van der Waals surface area (Å²) in [6.07, 6.45) is 4.27. The van der Waals surface area contributed by atoms with Gasteiger partial charge in [0.1, 0.15) is 0 Å². The highest BCUT2D eigenvalue weighted by atomic mass is 35.5. The topological polar surface area (TPSA) is 43.9 Å². The molecule has 152 valence electrons. The standard InChI is InChI=1S/C23H26ClN3O2/c24-20-9-5-18(6-10-20)17-26-15-4-16-27(23(26)29)21-11-7-19(8-12-21)22(28)25-13-2-1-3-14-25/h5-12H,1-4,13-17H2. The van der Waals surface area contributed by atoms with E-state index in [0.29, 0.717) is 23.7 Å². The summed E-state index contributed by atoms with van der Waals surface area (Å²) in [5.74, 6) is 0.0885. The number of carbonyl (C=O) groups is 2. The predicted molar refractivity (Wildman–Crippen MR) is 115 cm³/mol. The molecule has 6 heteroatoms. The van der Waals surface area contributed by atoms with E-state index in [1.165, 1.54) is 6.42 Å². The molecular formula is C23H26ClN3O2. The van der Waals surface area contributed by atoms with Crippen LogP contribution >= 0.6 is 11.6 Å². The van der Waals surface area contributed by atoms with Gasteiger partial charge in [-0.05, 0) is 67.6 Å². The zero-order chi connectivity index (χ0) is 20.2. The van der Waals surface area contributed by atoms with Crippen molar-refractivity contribution in [3.8, 4) is 0 Å². The second-order valence-corrected chi connectivity index (χ2v) is 8.17. The number of nitrogens with zero attached hydrogens (tertiary/aromatic N) is 3. The second-order valence-electron chi connectivity index (χ2n) is 7.74. The van der Waals surface area contributed by atoms with Crippen LogP contribution in [-0.2, 0) is 6.54 Å². The molecule has 2 heterocycles. The number of piperidine rings is 1. The molecule has 0 spiro atoms. The number of benzene rings is 2. The van der Waals surface area contributed by atoms with E-state index in [4.69, 9.17) is 11.6 Å². The molecule has 2 fully saturated rings. The Morgan fingerprint density at radius 1 is 0.828 bits per heavy atom. The first-order chi connectivity index (χ1) is 14.1. The van der Waals surface area contributed by atoms with Crippen LogP contribution in [0.3, 0.4) is 0 Å². The molecule has 0 atom stereocenters. The van der Waals surface area contributed by atoms with E-state index < -0.39 is 0 Å². The molecule has 2 aromatic rings. The van der Waals surface area contributed by atoms with Gasteiger partial charge in [0.2, 0.25) is 0 Å². The minimum absolute atomic E-state index is 0.00121. The monoisotopic (exact) mass is 411 g/mol. The molecule has 2 aromatic carbocycles. The number of hydrogen-bond donors (Lipinski definition) is 0. The number of hydrogen-bond acceptors (Lipinski definition) is 2. The fraction of sp³-hybridized carbons (Fsp3) is 0.391. The van der Waals surface area contributed by atoms with Crippen LogP contribution in [0.15, 0.2) is 48.5 Å². The molecule has 2 aliphatic rings. The summed E-state index contributed by atoms with van der Waals surface area (Å²) in [6, 6.07) is 15.1. The summed E-state index contributed by atoms with van der Waals surface area (Å²) >= 11 is 5.96. The Morgan fingerprint density at radius 3 is 2.21 bits per heavy atom. The van der Waals surface area contributed by atoms with Crippen molar-refractivity contribution in [3.63, 3.8) is 0 Å². The Bertz CT molecular complexity index is 861. The summed E-state index contributed by atoms with van der Waals surface area (Å²) < 4.78 is 0. The van der Waals surface area contributed by atoms with E-state index in [9.17, 15) is 9.59 Å². The van der Waals surface area contributed by atoms with E-state index in [0.717, 1.165) is 50.1 Å². The first kappa shape index (κ1) is 19.8. The minimum atomic E-state index is 0.00121. The van der Waals surface area contributed by atoms with Gasteiger partial charge in [0, 0.05) is 49.0 Å². The fourth-order valence-electron chi connectivity index (χ4n) is 4.04. The summed E-state index contributed by atoms with van der Waals surface area (Å²) in [5.41, 5.74) is 2.59. The zero-order valence-electron chi connectivity index (χ0n) is 16.5. The second kappa shape index (κ2) is 8.87. The summed E-state index contributed by atoms with van der Waals surface area (Å²) in [4.78, 5) is 31.3. The van der Waals surface area contributed by atoms with Crippen LogP contribution in [0.2, 0.25) is 5.02 Å². The molecule has 4 rings (SSSR count). The summed E-state index contributed by atoms with van der Waals surface area (Å²) in [7, 11) is 0. The molecule has 0 aliphatic carbocycles. The summed E-state index contributed by atoms with van der Waals surface area (Å²) in [6.45, 7) is 3.67. The highest BCUT2D eigenvalue weighted by molar-refractivity contribution is 6.30. The largest absolute Gasteiger partial charge is 0.339 e. The number of amides is 3. The molecule has 2 saturated heterocycles. The lowest BCUT2D eigenvalue weighted by molar-refractivity contribution is 0.0724. The van der Waals surface area contributed by atoms with Gasteiger partial charge >= 0.3 is 6.03 Å². The number of halogens is 1. The third-order valence-corrected chi connectivity index (χ3v) is 5.92. The summed E-state index contributed by atoms with van der Waals surface area (Å²) in [5, 5.41) is 0.694. The molecule has 0 radical (unpaired) electrons. The van der Waals surface area contributed by atoms with Crippen molar-refractivity contribution in [1.29, 1.82) is 0 Å². The Hall–Kier alpha value is -2.53. The Balaban J connectivity index is 1.43. The van der Waals surface area contributed by atoms with E-state index in [2.05, 4.69) is 0 Å². The van der Waals surface area contributed by atoms with E-state index >= 15 is 0 Å². The van der Waals surface area contributed by atoms with Crippen molar-refractivity contribution in [1.82, 2.24) is 9.80 Å². The van der Waals surface area contributed by atoms with Gasteiger partial charge in [0.05, 0.1) is 0 Å². The van der Waals surface area contributed by atoms with Crippen LogP contribution in [0, 0.1) is 0 Å². The number of anilines is 1. The maximum Gasteiger partial charge on any atom is 0.324 e. The van der Waals surface area contributed by atoms with Gasteiger partial charge in [-0.3, -0.25) is 9.69 Å². The Labute approximate surface area is 176 Å². The van der Waals surface area contributed by atoms with E-state index in [1.807, 2.05) is 58.3 Å². The maximum atomic E-state index is 13.0. The molecular weight excluding hydrogens is 386 g/mol. The normalized spacial score (nSPS) is 17.6. The average Bonchev–Trinajstić information content (AvgIpc) is 2.77. The number of urea groups is 1. The highest BCUT2D eigenvalue weighted by Gasteiger charge is 2.27. The molecule has 29 heavy (non-hydrogen) atoms. The van der Waals surface area contributed by atoms with Gasteiger partial charge in [-0.2, -0.15) is 0 Å². The van der Waals surface area contributed by atoms with Crippen LogP contribution in [0.4, 0.5) is 10.5 Å². The van der Waals surface area contributed by atoms with Crippen LogP contribution < -0.4 is 4.90 Å². The lowest BCUT2D eigenvalue weighted by Gasteiger charge is -2.36. The number of likely N-dealkylation sites (tertiary alicyclic amines) is 1. The van der Waals surface area contributed by atoms with Crippen molar-refractivity contribution in [2.24, 2.45) is 0 Å². The minimum Gasteiger partial charge on any atom is -0.339 e. The van der Waals surface area contributed by atoms with Gasteiger partial charge < -0.3 is 9.80 Å². The Morgan fingerprint density at radius 2 is 1.52 bits per heavy atom. The van der Waals surface area contributed by atoms with Gasteiger partial charge in [0.25, 0.3) is 5.91 Å². The molecule has 0 saturated carbocycles. The van der Waals surface area contributed by atoms with Crippen molar-refractivity contribution < 1.29 is 9.59 Å². The number of carbonyl (C=O) groups excluding carboxylic acids is 2. The molecule has 0 unspecified atom stereocenters. The molecule has 0 aromatic heterocycles. The maximum absolute atomic E-state index is 13.0. The van der Waals surface area contributed by atoms with Crippen molar-refractivity contribution in [3.05, 3.63) is 64.7 Å². The number of rotatable bonds is 4. The van der Waals surface area contributed by atoms with Crippen LogP contribution in [0.5, 0.6) is 0 Å². The zero-order valence-corrected chi connectivity index (χ0v) is 17.3. The fourth-order valence-corrected chi connectivity index (χ4v) is 4.17. The third kappa shape index (κ3) is 4.56. The highest BCUT2D eigenvalue weighted by Crippen LogP contribution is 2.23. The van der Waals surface area contributed by atoms with Gasteiger partial charge in [-0.25, -0.2) is 4.79 Å². The molecule has 0 bridgehead atoms. The Kier molecular flexibility index (Phi) is 6.05. The lowest BCUT2D eigenvalue weighted by Crippen LogP contribution is -2.49. The lowest BCUT2D eigenvalue weighted by atomic mass is 10.1. The molecule has 0 N–H and O–H groups in total. The quantitative estimate of drug-likeness (QED) is 0.725. The SMILES string of the molecule is O=C(c1ccc(N2CCCN(Cc3ccc(Cl)cc3)C2=O)cc1)N1CCCCC1. The van der Waals surface area contributed by atoms with Crippen molar-refractivity contribution >= 4 is 29.2 Å². The van der Waals surface area contributed by atoms with Crippen molar-refractivity contribution in [2.45, 2.75) is 32.2 Å². The van der Waals surface area contributed by atoms with Gasteiger partial charge in [-0.1, -0.05) is 23.7 Å². The van der Waals surface area contributed by atoms with Gasteiger partial charge in [0.15, 0.2) is 0 Å². The first-order valence-corrected chi connectivity index (χ1v) is 10.7. The average molecular weight is 412 g/mol. The van der Waals surface area contributed by atoms with E-state index in [1.54, 1.807) is 4.90 Å². The third-order valence-electron chi connectivity index (χ3n) is 5.67.